The van der Waals surface area contributed by atoms with Gasteiger partial charge in [0, 0.05) is 45.7 Å². The van der Waals surface area contributed by atoms with Gasteiger partial charge in [0.2, 0.25) is 0 Å². The number of aromatic nitrogens is 2. The number of benzene rings is 1. The van der Waals surface area contributed by atoms with E-state index in [4.69, 9.17) is 7.48 Å². The van der Waals surface area contributed by atoms with Crippen LogP contribution in [-0.4, -0.2) is 39.2 Å². The zero-order valence-electron chi connectivity index (χ0n) is 19.9. The van der Waals surface area contributed by atoms with Crippen molar-refractivity contribution in [3.05, 3.63) is 72.1 Å². The van der Waals surface area contributed by atoms with Gasteiger partial charge < -0.3 is 4.74 Å². The number of carbonyl (C=O) groups is 1. The normalized spacial score (nSPS) is 23.6. The standard InChI is InChI=1S/C25H29N3O2/c1-18-13-20(16-27(14-18)15-19-9-6-5-7-10-19)22-17-28(24(29)30-25(2,3)4)23-21(22)11-8-12-26-23/h5-13,17-18H,14-16H2,1-4H3/i16D,18D. The zero-order valence-corrected chi connectivity index (χ0v) is 17.9. The largest absolute Gasteiger partial charge is 0.443 e. The van der Waals surface area contributed by atoms with Crippen molar-refractivity contribution in [2.75, 3.05) is 13.1 Å². The molecule has 0 spiro atoms. The first kappa shape index (κ1) is 17.9. The summed E-state index contributed by atoms with van der Waals surface area (Å²) >= 11 is 0. The Bertz CT molecular complexity index is 1160. The Morgan fingerprint density at radius 1 is 1.27 bits per heavy atom. The van der Waals surface area contributed by atoms with E-state index in [9.17, 15) is 4.79 Å². The van der Waals surface area contributed by atoms with Crippen molar-refractivity contribution in [3.63, 3.8) is 0 Å². The van der Waals surface area contributed by atoms with Crippen molar-refractivity contribution in [2.45, 2.75) is 39.8 Å². The molecular formula is C25H29N3O2. The second kappa shape index (κ2) is 8.07. The summed E-state index contributed by atoms with van der Waals surface area (Å²) in [6, 6.07) is 13.7. The smallest absolute Gasteiger partial charge is 0.420 e. The van der Waals surface area contributed by atoms with Crippen LogP contribution in [0.15, 0.2) is 60.9 Å². The number of carbonyl (C=O) groups excluding carboxylic acids is 1. The van der Waals surface area contributed by atoms with E-state index < -0.39 is 24.1 Å². The summed E-state index contributed by atoms with van der Waals surface area (Å²) in [7, 11) is 0. The molecule has 0 saturated carbocycles. The van der Waals surface area contributed by atoms with Gasteiger partial charge >= 0.3 is 6.09 Å². The average molecular weight is 406 g/mol. The lowest BCUT2D eigenvalue weighted by molar-refractivity contribution is 0.0543. The third-order valence-corrected chi connectivity index (χ3v) is 4.87. The predicted molar refractivity (Wildman–Crippen MR) is 120 cm³/mol. The Hall–Kier alpha value is -2.92. The van der Waals surface area contributed by atoms with E-state index >= 15 is 0 Å². The lowest BCUT2D eigenvalue weighted by atomic mass is 9.95. The summed E-state index contributed by atoms with van der Waals surface area (Å²) in [5.41, 5.74) is 2.37. The molecule has 0 amide bonds. The molecule has 1 aliphatic rings. The van der Waals surface area contributed by atoms with Gasteiger partial charge in [-0.1, -0.05) is 43.3 Å². The van der Waals surface area contributed by atoms with Gasteiger partial charge in [0.05, 0.1) is 0 Å². The van der Waals surface area contributed by atoms with Crippen LogP contribution >= 0.6 is 0 Å². The second-order valence-corrected chi connectivity index (χ2v) is 8.73. The van der Waals surface area contributed by atoms with Crippen LogP contribution in [0.3, 0.4) is 0 Å². The Morgan fingerprint density at radius 3 is 2.77 bits per heavy atom. The van der Waals surface area contributed by atoms with Gasteiger partial charge in [0.15, 0.2) is 0 Å². The third-order valence-electron chi connectivity index (χ3n) is 4.87. The van der Waals surface area contributed by atoms with Crippen LogP contribution in [0, 0.1) is 5.89 Å². The van der Waals surface area contributed by atoms with Gasteiger partial charge in [-0.05, 0) is 49.9 Å². The van der Waals surface area contributed by atoms with Gasteiger partial charge in [-0.3, -0.25) is 4.90 Å². The number of fused-ring (bicyclic) bond motifs is 1. The molecule has 1 aromatic carbocycles. The number of hydrogen-bond donors (Lipinski definition) is 0. The summed E-state index contributed by atoms with van der Waals surface area (Å²) in [5, 5.41) is 0.763. The highest BCUT2D eigenvalue weighted by Gasteiger charge is 2.25. The van der Waals surface area contributed by atoms with Crippen molar-refractivity contribution < 1.29 is 12.3 Å². The van der Waals surface area contributed by atoms with Crippen molar-refractivity contribution in [1.82, 2.24) is 14.5 Å². The maximum absolute atomic E-state index is 12.9. The van der Waals surface area contributed by atoms with E-state index in [2.05, 4.69) is 4.98 Å². The van der Waals surface area contributed by atoms with Crippen LogP contribution in [0.25, 0.3) is 16.6 Å². The van der Waals surface area contributed by atoms with Gasteiger partial charge in [-0.15, -0.1) is 0 Å². The van der Waals surface area contributed by atoms with E-state index in [0.717, 1.165) is 16.5 Å². The van der Waals surface area contributed by atoms with Crippen LogP contribution in [-0.2, 0) is 11.3 Å². The maximum atomic E-state index is 12.9. The summed E-state index contributed by atoms with van der Waals surface area (Å²) in [4.78, 5) is 19.3. The molecule has 156 valence electrons. The fourth-order valence-corrected chi connectivity index (χ4v) is 3.72. The lowest BCUT2D eigenvalue weighted by Gasteiger charge is -2.30. The summed E-state index contributed by atoms with van der Waals surface area (Å²) < 4.78 is 24.8. The number of pyridine rings is 1. The molecular weight excluding hydrogens is 374 g/mol. The zero-order chi connectivity index (χ0) is 23.1. The minimum atomic E-state index is -0.871. The minimum absolute atomic E-state index is 0.447. The quantitative estimate of drug-likeness (QED) is 0.589. The SMILES string of the molecule is [2H]C1C(c2cn(C(=O)OC(C)(C)C)c3ncccc23)=CC([2H])(C)CN1Cc1ccccc1. The Labute approximate surface area is 180 Å². The monoisotopic (exact) mass is 405 g/mol. The summed E-state index contributed by atoms with van der Waals surface area (Å²) in [6.45, 7) is 7.66. The Kier molecular flexibility index (Phi) is 4.82. The van der Waals surface area contributed by atoms with Crippen molar-refractivity contribution in [2.24, 2.45) is 5.89 Å². The molecule has 2 aromatic heterocycles. The summed E-state index contributed by atoms with van der Waals surface area (Å²) in [5.74, 6) is -0.871. The van der Waals surface area contributed by atoms with E-state index in [0.29, 0.717) is 24.3 Å². The molecule has 3 aromatic rings. The maximum Gasteiger partial charge on any atom is 0.420 e. The van der Waals surface area contributed by atoms with Gasteiger partial charge in [-0.2, -0.15) is 0 Å². The molecule has 0 aliphatic carbocycles. The number of ether oxygens (including phenoxy) is 1. The molecule has 0 fully saturated rings. The van der Waals surface area contributed by atoms with Gasteiger partial charge in [-0.25, -0.2) is 14.3 Å². The van der Waals surface area contributed by atoms with E-state index in [-0.39, 0.29) is 0 Å². The van der Waals surface area contributed by atoms with Crippen LogP contribution in [0.5, 0.6) is 0 Å². The highest BCUT2D eigenvalue weighted by atomic mass is 16.6. The highest BCUT2D eigenvalue weighted by Crippen LogP contribution is 2.31. The fourth-order valence-electron chi connectivity index (χ4n) is 3.72. The molecule has 0 radical (unpaired) electrons. The van der Waals surface area contributed by atoms with Crippen molar-refractivity contribution in [3.8, 4) is 0 Å². The number of hydrogen-bond acceptors (Lipinski definition) is 4. The van der Waals surface area contributed by atoms with E-state index in [1.54, 1.807) is 12.4 Å². The van der Waals surface area contributed by atoms with Crippen LogP contribution in [0.4, 0.5) is 4.79 Å². The topological polar surface area (TPSA) is 47.4 Å². The first-order chi connectivity index (χ1) is 15.0. The second-order valence-electron chi connectivity index (χ2n) is 8.73. The number of rotatable bonds is 3. The molecule has 4 rings (SSSR count). The molecule has 30 heavy (non-hydrogen) atoms. The van der Waals surface area contributed by atoms with E-state index in [1.165, 1.54) is 4.57 Å². The molecule has 0 saturated heterocycles. The molecule has 5 nitrogen and oxygen atoms in total. The predicted octanol–water partition coefficient (Wildman–Crippen LogP) is 5.35. The molecule has 0 bridgehead atoms. The van der Waals surface area contributed by atoms with Crippen LogP contribution in [0.1, 0.15) is 41.6 Å². The molecule has 2 atom stereocenters. The van der Waals surface area contributed by atoms with Crippen molar-refractivity contribution >= 4 is 22.7 Å². The Morgan fingerprint density at radius 2 is 2.03 bits per heavy atom. The molecule has 0 N–H and O–H groups in total. The van der Waals surface area contributed by atoms with Crippen LogP contribution < -0.4 is 0 Å². The van der Waals surface area contributed by atoms with Gasteiger partial charge in [0.25, 0.3) is 0 Å². The third kappa shape index (κ3) is 4.46. The number of nitrogens with zero attached hydrogens (tertiary/aromatic N) is 3. The van der Waals surface area contributed by atoms with Gasteiger partial charge in [0.1, 0.15) is 11.2 Å². The fraction of sp³-hybridized carbons (Fsp3) is 0.360. The molecule has 1 aliphatic heterocycles. The molecule has 2 unspecified atom stereocenters. The molecule has 3 heterocycles. The first-order valence-corrected chi connectivity index (χ1v) is 10.2. The van der Waals surface area contributed by atoms with Crippen LogP contribution in [0.2, 0.25) is 0 Å². The summed E-state index contributed by atoms with van der Waals surface area (Å²) in [6.07, 6.45) is 4.66. The highest BCUT2D eigenvalue weighted by molar-refractivity contribution is 5.96. The molecule has 5 heteroatoms. The first-order valence-electron chi connectivity index (χ1n) is 11.2. The average Bonchev–Trinajstić information content (AvgIpc) is 3.10. The minimum Gasteiger partial charge on any atom is -0.443 e. The van der Waals surface area contributed by atoms with E-state index in [1.807, 2.05) is 81.1 Å². The Balaban J connectivity index is 1.77. The van der Waals surface area contributed by atoms with Crippen molar-refractivity contribution in [1.29, 1.82) is 0 Å². The lowest BCUT2D eigenvalue weighted by Crippen LogP contribution is -2.33.